The Labute approximate surface area is 150 Å². The second-order valence-corrected chi connectivity index (χ2v) is 8.37. The third-order valence-electron chi connectivity index (χ3n) is 7.13. The van der Waals surface area contributed by atoms with E-state index in [2.05, 4.69) is 23.5 Å². The summed E-state index contributed by atoms with van der Waals surface area (Å²) in [6, 6.07) is 8.43. The molecular weight excluding hydrogens is 312 g/mol. The van der Waals surface area contributed by atoms with Gasteiger partial charge in [-0.2, -0.15) is 0 Å². The van der Waals surface area contributed by atoms with Crippen LogP contribution in [0, 0.1) is 17.8 Å². The van der Waals surface area contributed by atoms with Gasteiger partial charge in [-0.05, 0) is 61.6 Å². The summed E-state index contributed by atoms with van der Waals surface area (Å²) < 4.78 is 5.41. The molecule has 4 atom stereocenters. The molecule has 0 heterocycles. The van der Waals surface area contributed by atoms with Crippen LogP contribution in [0.3, 0.4) is 0 Å². The Kier molecular flexibility index (Phi) is 4.48. The van der Waals surface area contributed by atoms with E-state index in [1.54, 1.807) is 7.11 Å². The highest BCUT2D eigenvalue weighted by Crippen LogP contribution is 2.48. The summed E-state index contributed by atoms with van der Waals surface area (Å²) in [4.78, 5) is 12.9. The molecule has 3 fully saturated rings. The number of fused-ring (bicyclic) bond motifs is 2. The summed E-state index contributed by atoms with van der Waals surface area (Å²) in [5.74, 6) is 2.19. The molecule has 0 spiro atoms. The molecule has 3 saturated carbocycles. The van der Waals surface area contributed by atoms with Crippen molar-refractivity contribution in [3.63, 3.8) is 0 Å². The molecule has 3 N–H and O–H groups in total. The van der Waals surface area contributed by atoms with Crippen LogP contribution < -0.4 is 15.8 Å². The lowest BCUT2D eigenvalue weighted by molar-refractivity contribution is -0.127. The number of ether oxygens (including phenoxy) is 1. The van der Waals surface area contributed by atoms with Crippen molar-refractivity contribution in [3.05, 3.63) is 29.8 Å². The van der Waals surface area contributed by atoms with Gasteiger partial charge in [-0.3, -0.25) is 4.79 Å². The van der Waals surface area contributed by atoms with Crippen molar-refractivity contribution in [2.45, 2.75) is 56.4 Å². The Hall–Kier alpha value is -1.55. The molecule has 3 aliphatic carbocycles. The molecule has 1 amide bonds. The maximum Gasteiger partial charge on any atom is 0.224 e. The minimum atomic E-state index is 0.0301. The van der Waals surface area contributed by atoms with E-state index in [0.29, 0.717) is 11.8 Å². The maximum atomic E-state index is 12.9. The molecule has 4 rings (SSSR count). The molecule has 2 bridgehead atoms. The molecule has 4 unspecified atom stereocenters. The maximum absolute atomic E-state index is 12.9. The summed E-state index contributed by atoms with van der Waals surface area (Å²) >= 11 is 0. The molecule has 136 valence electrons. The average molecular weight is 342 g/mol. The van der Waals surface area contributed by atoms with Gasteiger partial charge in [-0.15, -0.1) is 0 Å². The number of carbonyl (C=O) groups is 1. The van der Waals surface area contributed by atoms with Crippen LogP contribution in [0.5, 0.6) is 5.75 Å². The SMILES string of the molecule is COc1cccc(C2(CNC(=O)C3C4CCC(C4)C3N)CCCC2)c1. The summed E-state index contributed by atoms with van der Waals surface area (Å²) in [5.41, 5.74) is 7.69. The predicted octanol–water partition coefficient (Wildman–Crippen LogP) is 3.00. The van der Waals surface area contributed by atoms with E-state index in [0.717, 1.165) is 31.6 Å². The zero-order valence-corrected chi connectivity index (χ0v) is 15.2. The smallest absolute Gasteiger partial charge is 0.224 e. The van der Waals surface area contributed by atoms with E-state index < -0.39 is 0 Å². The Morgan fingerprint density at radius 2 is 2.04 bits per heavy atom. The quantitative estimate of drug-likeness (QED) is 0.864. The molecule has 0 aromatic heterocycles. The lowest BCUT2D eigenvalue weighted by Gasteiger charge is -2.33. The van der Waals surface area contributed by atoms with Crippen LogP contribution in [0.2, 0.25) is 0 Å². The molecular formula is C21H30N2O2. The molecule has 3 aliphatic rings. The van der Waals surface area contributed by atoms with Crippen LogP contribution >= 0.6 is 0 Å². The number of amides is 1. The first-order valence-electron chi connectivity index (χ1n) is 9.81. The lowest BCUT2D eigenvalue weighted by Crippen LogP contribution is -2.48. The molecule has 4 heteroatoms. The Morgan fingerprint density at radius 3 is 2.72 bits per heavy atom. The number of nitrogens with two attached hydrogens (primary N) is 1. The van der Waals surface area contributed by atoms with Crippen molar-refractivity contribution in [3.8, 4) is 5.75 Å². The van der Waals surface area contributed by atoms with Crippen LogP contribution in [0.1, 0.15) is 50.5 Å². The monoisotopic (exact) mass is 342 g/mol. The number of carbonyl (C=O) groups excluding carboxylic acids is 1. The summed E-state index contributed by atoms with van der Waals surface area (Å²) in [7, 11) is 1.71. The Bertz CT molecular complexity index is 637. The van der Waals surface area contributed by atoms with E-state index in [1.165, 1.54) is 31.2 Å². The molecule has 0 aliphatic heterocycles. The highest BCUT2D eigenvalue weighted by molar-refractivity contribution is 5.80. The van der Waals surface area contributed by atoms with Crippen molar-refractivity contribution in [2.24, 2.45) is 23.5 Å². The van der Waals surface area contributed by atoms with Crippen molar-refractivity contribution >= 4 is 5.91 Å². The molecule has 1 aromatic carbocycles. The fourth-order valence-corrected chi connectivity index (χ4v) is 5.67. The summed E-state index contributed by atoms with van der Waals surface area (Å²) in [6.07, 6.45) is 8.25. The zero-order valence-electron chi connectivity index (χ0n) is 15.2. The van der Waals surface area contributed by atoms with Gasteiger partial charge in [-0.1, -0.05) is 25.0 Å². The first-order chi connectivity index (χ1) is 12.1. The summed E-state index contributed by atoms with van der Waals surface area (Å²) in [6.45, 7) is 0.722. The number of benzene rings is 1. The predicted molar refractivity (Wildman–Crippen MR) is 98.4 cm³/mol. The third kappa shape index (κ3) is 2.95. The van der Waals surface area contributed by atoms with Crippen molar-refractivity contribution in [2.75, 3.05) is 13.7 Å². The van der Waals surface area contributed by atoms with Gasteiger partial charge in [0.15, 0.2) is 0 Å². The number of rotatable bonds is 5. The van der Waals surface area contributed by atoms with Gasteiger partial charge in [0, 0.05) is 18.0 Å². The van der Waals surface area contributed by atoms with E-state index in [4.69, 9.17) is 10.5 Å². The fourth-order valence-electron chi connectivity index (χ4n) is 5.67. The van der Waals surface area contributed by atoms with E-state index in [1.807, 2.05) is 6.07 Å². The van der Waals surface area contributed by atoms with Gasteiger partial charge in [0.2, 0.25) is 5.91 Å². The third-order valence-corrected chi connectivity index (χ3v) is 7.13. The molecule has 0 radical (unpaired) electrons. The number of nitrogens with one attached hydrogen (secondary N) is 1. The Morgan fingerprint density at radius 1 is 1.28 bits per heavy atom. The first kappa shape index (κ1) is 16.9. The van der Waals surface area contributed by atoms with Gasteiger partial charge in [0.25, 0.3) is 0 Å². The molecule has 4 nitrogen and oxygen atoms in total. The molecule has 1 aromatic rings. The largest absolute Gasteiger partial charge is 0.497 e. The van der Waals surface area contributed by atoms with Gasteiger partial charge >= 0.3 is 0 Å². The number of methoxy groups -OCH3 is 1. The van der Waals surface area contributed by atoms with Gasteiger partial charge in [0.1, 0.15) is 5.75 Å². The lowest BCUT2D eigenvalue weighted by atomic mass is 9.78. The fraction of sp³-hybridized carbons (Fsp3) is 0.667. The highest BCUT2D eigenvalue weighted by atomic mass is 16.5. The van der Waals surface area contributed by atoms with Crippen LogP contribution in [0.4, 0.5) is 0 Å². The van der Waals surface area contributed by atoms with Gasteiger partial charge in [-0.25, -0.2) is 0 Å². The normalized spacial score (nSPS) is 32.7. The van der Waals surface area contributed by atoms with Crippen LogP contribution in [-0.2, 0) is 10.2 Å². The molecule has 25 heavy (non-hydrogen) atoms. The van der Waals surface area contributed by atoms with Gasteiger partial charge in [0.05, 0.1) is 13.0 Å². The number of hydrogen-bond donors (Lipinski definition) is 2. The van der Waals surface area contributed by atoms with Crippen LogP contribution in [0.15, 0.2) is 24.3 Å². The second-order valence-electron chi connectivity index (χ2n) is 8.37. The summed E-state index contributed by atoms with van der Waals surface area (Å²) in [5, 5.41) is 3.30. The van der Waals surface area contributed by atoms with Crippen LogP contribution in [0.25, 0.3) is 0 Å². The van der Waals surface area contributed by atoms with E-state index in [9.17, 15) is 4.79 Å². The topological polar surface area (TPSA) is 64.3 Å². The first-order valence-corrected chi connectivity index (χ1v) is 9.81. The number of hydrogen-bond acceptors (Lipinski definition) is 3. The second kappa shape index (κ2) is 6.64. The zero-order chi connectivity index (χ0) is 17.4. The Balaban J connectivity index is 1.48. The molecule has 0 saturated heterocycles. The van der Waals surface area contributed by atoms with E-state index >= 15 is 0 Å². The van der Waals surface area contributed by atoms with E-state index in [-0.39, 0.29) is 23.3 Å². The van der Waals surface area contributed by atoms with Crippen molar-refractivity contribution < 1.29 is 9.53 Å². The van der Waals surface area contributed by atoms with Crippen LogP contribution in [-0.4, -0.2) is 25.6 Å². The van der Waals surface area contributed by atoms with Gasteiger partial charge < -0.3 is 15.8 Å². The average Bonchev–Trinajstić information content (AvgIpc) is 3.36. The van der Waals surface area contributed by atoms with Crippen molar-refractivity contribution in [1.29, 1.82) is 0 Å². The highest BCUT2D eigenvalue weighted by Gasteiger charge is 2.49. The minimum absolute atomic E-state index is 0.0301. The standard InChI is InChI=1S/C21H30N2O2/c1-25-17-6-4-5-16(12-17)21(9-2-3-10-21)13-23-20(24)18-14-7-8-15(11-14)19(18)22/h4-6,12,14-15,18-19H,2-3,7-11,13,22H2,1H3,(H,23,24). The van der Waals surface area contributed by atoms with Crippen molar-refractivity contribution in [1.82, 2.24) is 5.32 Å². The minimum Gasteiger partial charge on any atom is -0.497 e.